The predicted octanol–water partition coefficient (Wildman–Crippen LogP) is -0.154. The molecule has 0 amide bonds. The molecule has 60 valence electrons. The summed E-state index contributed by atoms with van der Waals surface area (Å²) in [4.78, 5) is 0. The zero-order valence-corrected chi connectivity index (χ0v) is 6.11. The number of aliphatic hydroxyl groups is 1. The van der Waals surface area contributed by atoms with E-state index in [4.69, 9.17) is 17.7 Å². The van der Waals surface area contributed by atoms with E-state index in [2.05, 4.69) is 0 Å². The lowest BCUT2D eigenvalue weighted by molar-refractivity contribution is -0.0785. The summed E-state index contributed by atoms with van der Waals surface area (Å²) in [6.45, 7) is -0.0401. The van der Waals surface area contributed by atoms with Gasteiger partial charge in [0.05, 0.1) is 12.7 Å². The zero-order valence-electron chi connectivity index (χ0n) is 6.11. The molecule has 2 radical (unpaired) electrons. The average Bonchev–Trinajstić information content (AvgIpc) is 2.76. The van der Waals surface area contributed by atoms with Crippen molar-refractivity contribution in [1.82, 2.24) is 0 Å². The summed E-state index contributed by atoms with van der Waals surface area (Å²) in [5.41, 5.74) is 0. The van der Waals surface area contributed by atoms with Gasteiger partial charge in [-0.2, -0.15) is 0 Å². The number of ether oxygens (including phenoxy) is 1. The first-order valence-electron chi connectivity index (χ1n) is 3.90. The fourth-order valence-electron chi connectivity index (χ4n) is 1.83. The molecule has 1 N–H and O–H groups in total. The largest absolute Gasteiger partial charge is 0.394 e. The minimum absolute atomic E-state index is 0.0401. The van der Waals surface area contributed by atoms with Crippen molar-refractivity contribution in [1.29, 1.82) is 0 Å². The van der Waals surface area contributed by atoms with Gasteiger partial charge in [0.1, 0.15) is 14.0 Å². The third-order valence-electron chi connectivity index (χ3n) is 2.60. The van der Waals surface area contributed by atoms with Gasteiger partial charge in [0, 0.05) is 6.00 Å². The standard InChI is InChI=1S/C7H10BFO2/c8-7-6(9)4-1-3(4)5(2-10)11-7/h3-7,10H,1-2H2/t3?,4?,5-,6?,7-/m1/s1. The molecule has 4 heteroatoms. The summed E-state index contributed by atoms with van der Waals surface area (Å²) >= 11 is 0. The van der Waals surface area contributed by atoms with Crippen LogP contribution in [0.2, 0.25) is 0 Å². The summed E-state index contributed by atoms with van der Waals surface area (Å²) in [6, 6.07) is -0.823. The van der Waals surface area contributed by atoms with Gasteiger partial charge in [0.2, 0.25) is 0 Å². The third-order valence-corrected chi connectivity index (χ3v) is 2.60. The second-order valence-corrected chi connectivity index (χ2v) is 3.33. The van der Waals surface area contributed by atoms with E-state index in [1.54, 1.807) is 0 Å². The average molecular weight is 156 g/mol. The van der Waals surface area contributed by atoms with Crippen LogP contribution < -0.4 is 0 Å². The van der Waals surface area contributed by atoms with Crippen molar-refractivity contribution in [2.75, 3.05) is 6.61 Å². The number of hydrogen-bond acceptors (Lipinski definition) is 2. The Morgan fingerprint density at radius 3 is 2.91 bits per heavy atom. The molecular formula is C7H10BFO2. The molecule has 1 aliphatic carbocycles. The van der Waals surface area contributed by atoms with Crippen molar-refractivity contribution in [3.63, 3.8) is 0 Å². The molecule has 11 heavy (non-hydrogen) atoms. The number of halogens is 1. The van der Waals surface area contributed by atoms with E-state index >= 15 is 0 Å². The molecular weight excluding hydrogens is 146 g/mol. The Labute approximate surface area is 66.1 Å². The number of alkyl halides is 1. The normalized spacial score (nSPS) is 55.3. The highest BCUT2D eigenvalue weighted by molar-refractivity contribution is 6.11. The second-order valence-electron chi connectivity index (χ2n) is 3.33. The van der Waals surface area contributed by atoms with Crippen LogP contribution in [-0.4, -0.2) is 37.8 Å². The lowest BCUT2D eigenvalue weighted by Gasteiger charge is -2.29. The minimum atomic E-state index is -1.03. The van der Waals surface area contributed by atoms with Crippen LogP contribution >= 0.6 is 0 Å². The Kier molecular flexibility index (Phi) is 1.69. The molecule has 1 saturated carbocycles. The van der Waals surface area contributed by atoms with Crippen molar-refractivity contribution in [3.05, 3.63) is 0 Å². The van der Waals surface area contributed by atoms with Gasteiger partial charge in [-0.25, -0.2) is 4.39 Å². The molecule has 0 bridgehead atoms. The summed E-state index contributed by atoms with van der Waals surface area (Å²) in [5.74, 6) is 0.269. The Morgan fingerprint density at radius 1 is 1.55 bits per heavy atom. The van der Waals surface area contributed by atoms with Crippen molar-refractivity contribution < 1.29 is 14.2 Å². The first-order valence-corrected chi connectivity index (χ1v) is 3.90. The number of aliphatic hydroxyl groups excluding tert-OH is 1. The molecule has 0 spiro atoms. The van der Waals surface area contributed by atoms with E-state index in [1.165, 1.54) is 0 Å². The molecule has 2 fully saturated rings. The predicted molar refractivity (Wildman–Crippen MR) is 38.0 cm³/mol. The van der Waals surface area contributed by atoms with Crippen molar-refractivity contribution in [2.45, 2.75) is 24.7 Å². The number of hydrogen-bond donors (Lipinski definition) is 1. The number of rotatable bonds is 1. The first-order chi connectivity index (χ1) is 5.24. The van der Waals surface area contributed by atoms with Gasteiger partial charge in [-0.1, -0.05) is 0 Å². The maximum atomic E-state index is 13.0. The molecule has 1 saturated heterocycles. The van der Waals surface area contributed by atoms with Gasteiger partial charge in [0.15, 0.2) is 0 Å². The summed E-state index contributed by atoms with van der Waals surface area (Å²) in [7, 11) is 5.35. The lowest BCUT2D eigenvalue weighted by atomic mass is 9.89. The quantitative estimate of drug-likeness (QED) is 0.534. The highest BCUT2D eigenvalue weighted by Gasteiger charge is 2.54. The molecule has 2 aliphatic rings. The van der Waals surface area contributed by atoms with Crippen LogP contribution in [-0.2, 0) is 4.74 Å². The van der Waals surface area contributed by atoms with Crippen molar-refractivity contribution in [2.24, 2.45) is 11.8 Å². The monoisotopic (exact) mass is 156 g/mol. The SMILES string of the molecule is [B][C@@H]1O[C@H](CO)C2CC2C1F. The molecule has 1 heterocycles. The fraction of sp³-hybridized carbons (Fsp3) is 1.00. The fourth-order valence-corrected chi connectivity index (χ4v) is 1.83. The molecule has 0 aromatic carbocycles. The summed E-state index contributed by atoms with van der Waals surface area (Å²) in [5, 5.41) is 8.79. The van der Waals surface area contributed by atoms with Gasteiger partial charge >= 0.3 is 0 Å². The van der Waals surface area contributed by atoms with E-state index in [-0.39, 0.29) is 24.5 Å². The first kappa shape index (κ1) is 7.56. The topological polar surface area (TPSA) is 29.5 Å². The Hall–Kier alpha value is -0.0851. The maximum absolute atomic E-state index is 13.0. The van der Waals surface area contributed by atoms with Crippen LogP contribution in [0.15, 0.2) is 0 Å². The highest BCUT2D eigenvalue weighted by Crippen LogP contribution is 2.50. The summed E-state index contributed by atoms with van der Waals surface area (Å²) in [6.07, 6.45) is -0.426. The Balaban J connectivity index is 2.02. The van der Waals surface area contributed by atoms with Gasteiger partial charge < -0.3 is 9.84 Å². The van der Waals surface area contributed by atoms with Crippen LogP contribution in [0, 0.1) is 11.8 Å². The van der Waals surface area contributed by atoms with E-state index in [9.17, 15) is 4.39 Å². The van der Waals surface area contributed by atoms with Gasteiger partial charge in [0.25, 0.3) is 0 Å². The molecule has 1 aliphatic heterocycles. The van der Waals surface area contributed by atoms with E-state index < -0.39 is 12.2 Å². The Bertz CT molecular complexity index is 163. The maximum Gasteiger partial charge on any atom is 0.121 e. The zero-order chi connectivity index (χ0) is 8.01. The molecule has 5 atom stereocenters. The van der Waals surface area contributed by atoms with Crippen molar-refractivity contribution >= 4 is 7.85 Å². The van der Waals surface area contributed by atoms with Crippen LogP contribution in [0.25, 0.3) is 0 Å². The van der Waals surface area contributed by atoms with Crippen LogP contribution in [0.4, 0.5) is 4.39 Å². The molecule has 0 aromatic rings. The van der Waals surface area contributed by atoms with Gasteiger partial charge in [-0.05, 0) is 18.3 Å². The van der Waals surface area contributed by atoms with Gasteiger partial charge in [-0.15, -0.1) is 0 Å². The van der Waals surface area contributed by atoms with Crippen LogP contribution in [0.5, 0.6) is 0 Å². The molecule has 3 unspecified atom stereocenters. The molecule has 2 rings (SSSR count). The van der Waals surface area contributed by atoms with Crippen molar-refractivity contribution in [3.8, 4) is 0 Å². The molecule has 0 aromatic heterocycles. The summed E-state index contributed by atoms with van der Waals surface area (Å²) < 4.78 is 18.0. The molecule has 2 nitrogen and oxygen atoms in total. The highest BCUT2D eigenvalue weighted by atomic mass is 19.1. The lowest BCUT2D eigenvalue weighted by Crippen LogP contribution is -2.40. The van der Waals surface area contributed by atoms with Gasteiger partial charge in [-0.3, -0.25) is 0 Å². The smallest absolute Gasteiger partial charge is 0.121 e. The van der Waals surface area contributed by atoms with E-state index in [0.717, 1.165) is 6.42 Å². The number of fused-ring (bicyclic) bond motifs is 1. The minimum Gasteiger partial charge on any atom is -0.394 e. The second kappa shape index (κ2) is 2.46. The Morgan fingerprint density at radius 2 is 2.27 bits per heavy atom. The van der Waals surface area contributed by atoms with E-state index in [0.29, 0.717) is 0 Å². The third kappa shape index (κ3) is 1.09. The van der Waals surface area contributed by atoms with Crippen LogP contribution in [0.1, 0.15) is 6.42 Å². The van der Waals surface area contributed by atoms with E-state index in [1.807, 2.05) is 0 Å². The van der Waals surface area contributed by atoms with Crippen LogP contribution in [0.3, 0.4) is 0 Å².